The van der Waals surface area contributed by atoms with E-state index in [-0.39, 0.29) is 5.91 Å². The zero-order valence-electron chi connectivity index (χ0n) is 14.5. The van der Waals surface area contributed by atoms with Gasteiger partial charge in [0.1, 0.15) is 11.5 Å². The molecule has 1 saturated heterocycles. The average Bonchev–Trinajstić information content (AvgIpc) is 2.62. The highest BCUT2D eigenvalue weighted by Crippen LogP contribution is 2.12. The Balaban J connectivity index is 1.71. The number of pyridine rings is 1. The predicted molar refractivity (Wildman–Crippen MR) is 94.6 cm³/mol. The molecule has 8 heteroatoms. The largest absolute Gasteiger partial charge is 0.378 e. The number of nitrogens with one attached hydrogen (secondary N) is 1. The lowest BCUT2D eigenvalue weighted by Crippen LogP contribution is -2.37. The molecule has 0 aliphatic carbocycles. The van der Waals surface area contributed by atoms with Gasteiger partial charge in [-0.3, -0.25) is 4.79 Å². The van der Waals surface area contributed by atoms with Crippen LogP contribution in [0.25, 0.3) is 0 Å². The third kappa shape index (κ3) is 4.71. The summed E-state index contributed by atoms with van der Waals surface area (Å²) in [5.41, 5.74) is 1.39. The van der Waals surface area contributed by atoms with E-state index in [9.17, 15) is 4.79 Å². The quantitative estimate of drug-likeness (QED) is 0.868. The lowest BCUT2D eigenvalue weighted by molar-refractivity contribution is 0.102. The van der Waals surface area contributed by atoms with Crippen molar-refractivity contribution in [2.24, 2.45) is 0 Å². The van der Waals surface area contributed by atoms with E-state index < -0.39 is 0 Å². The second-order valence-electron chi connectivity index (χ2n) is 6.08. The number of amides is 1. The van der Waals surface area contributed by atoms with Gasteiger partial charge in [-0.1, -0.05) is 0 Å². The van der Waals surface area contributed by atoms with Gasteiger partial charge in [0.2, 0.25) is 5.95 Å². The Morgan fingerprint density at radius 1 is 1.24 bits per heavy atom. The molecule has 1 fully saturated rings. The van der Waals surface area contributed by atoms with Crippen molar-refractivity contribution in [3.63, 3.8) is 0 Å². The van der Waals surface area contributed by atoms with Gasteiger partial charge in [-0.05, 0) is 37.9 Å². The molecule has 2 aromatic rings. The van der Waals surface area contributed by atoms with Crippen molar-refractivity contribution < 1.29 is 9.53 Å². The first kappa shape index (κ1) is 17.2. The van der Waals surface area contributed by atoms with Crippen molar-refractivity contribution in [1.82, 2.24) is 19.9 Å². The van der Waals surface area contributed by atoms with Crippen LogP contribution in [0.15, 0.2) is 30.6 Å². The number of aromatic nitrogens is 3. The van der Waals surface area contributed by atoms with Crippen molar-refractivity contribution in [2.75, 3.05) is 50.6 Å². The molecule has 1 aliphatic heterocycles. The molecule has 1 aliphatic rings. The SMILES string of the molecule is CN(C)Cc1ccnc(NC(=O)c2ccnc(N3CCOCC3)n2)c1. The van der Waals surface area contributed by atoms with E-state index in [1.807, 2.05) is 31.1 Å². The third-order valence-electron chi connectivity index (χ3n) is 3.73. The molecule has 1 N–H and O–H groups in total. The molecule has 0 radical (unpaired) electrons. The number of hydrogen-bond acceptors (Lipinski definition) is 7. The molecule has 0 spiro atoms. The number of ether oxygens (including phenoxy) is 1. The van der Waals surface area contributed by atoms with Gasteiger partial charge in [0.25, 0.3) is 5.91 Å². The van der Waals surface area contributed by atoms with E-state index in [0.717, 1.165) is 25.2 Å². The average molecular weight is 342 g/mol. The molecule has 3 heterocycles. The number of nitrogens with zero attached hydrogens (tertiary/aromatic N) is 5. The van der Waals surface area contributed by atoms with E-state index in [1.165, 1.54) is 0 Å². The van der Waals surface area contributed by atoms with Gasteiger partial charge in [0.05, 0.1) is 13.2 Å². The Hall–Kier alpha value is -2.58. The van der Waals surface area contributed by atoms with E-state index in [2.05, 4.69) is 25.2 Å². The summed E-state index contributed by atoms with van der Waals surface area (Å²) in [5.74, 6) is 0.757. The monoisotopic (exact) mass is 342 g/mol. The lowest BCUT2D eigenvalue weighted by Gasteiger charge is -2.26. The maximum atomic E-state index is 12.5. The topological polar surface area (TPSA) is 83.5 Å². The molecule has 0 atom stereocenters. The Labute approximate surface area is 146 Å². The first-order valence-corrected chi connectivity index (χ1v) is 8.18. The molecule has 0 aromatic carbocycles. The minimum atomic E-state index is -0.300. The predicted octanol–water partition coefficient (Wildman–Crippen LogP) is 1.02. The van der Waals surface area contributed by atoms with Gasteiger partial charge in [-0.15, -0.1) is 0 Å². The van der Waals surface area contributed by atoms with Crippen molar-refractivity contribution >= 4 is 17.7 Å². The van der Waals surface area contributed by atoms with Gasteiger partial charge in [0.15, 0.2) is 0 Å². The van der Waals surface area contributed by atoms with E-state index >= 15 is 0 Å². The minimum Gasteiger partial charge on any atom is -0.378 e. The summed E-state index contributed by atoms with van der Waals surface area (Å²) in [7, 11) is 3.99. The van der Waals surface area contributed by atoms with E-state index in [4.69, 9.17) is 4.74 Å². The van der Waals surface area contributed by atoms with Crippen LogP contribution in [0.1, 0.15) is 16.1 Å². The smallest absolute Gasteiger partial charge is 0.275 e. The Kier molecular flexibility index (Phi) is 5.52. The Bertz CT molecular complexity index is 731. The summed E-state index contributed by atoms with van der Waals surface area (Å²) in [5, 5.41) is 2.80. The fourth-order valence-electron chi connectivity index (χ4n) is 2.58. The van der Waals surface area contributed by atoms with Crippen molar-refractivity contribution in [1.29, 1.82) is 0 Å². The van der Waals surface area contributed by atoms with Crippen LogP contribution in [0.5, 0.6) is 0 Å². The number of carbonyl (C=O) groups excluding carboxylic acids is 1. The van der Waals surface area contributed by atoms with Crippen LogP contribution in [0, 0.1) is 0 Å². The fraction of sp³-hybridized carbons (Fsp3) is 0.412. The summed E-state index contributed by atoms with van der Waals surface area (Å²) in [6.45, 7) is 3.50. The van der Waals surface area contributed by atoms with Gasteiger partial charge in [-0.2, -0.15) is 0 Å². The van der Waals surface area contributed by atoms with E-state index in [0.29, 0.717) is 30.7 Å². The molecule has 2 aromatic heterocycles. The summed E-state index contributed by atoms with van der Waals surface area (Å²) in [6.07, 6.45) is 3.29. The molecular formula is C17H22N6O2. The summed E-state index contributed by atoms with van der Waals surface area (Å²) in [4.78, 5) is 29.4. The summed E-state index contributed by atoms with van der Waals surface area (Å²) >= 11 is 0. The van der Waals surface area contributed by atoms with Crippen molar-refractivity contribution in [2.45, 2.75) is 6.54 Å². The maximum absolute atomic E-state index is 12.5. The molecular weight excluding hydrogens is 320 g/mol. The highest BCUT2D eigenvalue weighted by Gasteiger charge is 2.16. The van der Waals surface area contributed by atoms with Crippen LogP contribution in [-0.2, 0) is 11.3 Å². The number of hydrogen-bond donors (Lipinski definition) is 1. The van der Waals surface area contributed by atoms with Crippen LogP contribution >= 0.6 is 0 Å². The fourth-order valence-corrected chi connectivity index (χ4v) is 2.58. The normalized spacial score (nSPS) is 14.6. The maximum Gasteiger partial charge on any atom is 0.275 e. The molecule has 25 heavy (non-hydrogen) atoms. The van der Waals surface area contributed by atoms with Crippen LogP contribution in [0.2, 0.25) is 0 Å². The number of morpholine rings is 1. The van der Waals surface area contributed by atoms with E-state index in [1.54, 1.807) is 18.5 Å². The van der Waals surface area contributed by atoms with Crippen molar-refractivity contribution in [3.05, 3.63) is 41.9 Å². The summed E-state index contributed by atoms with van der Waals surface area (Å²) < 4.78 is 5.33. The van der Waals surface area contributed by atoms with Gasteiger partial charge >= 0.3 is 0 Å². The standard InChI is InChI=1S/C17H22N6O2/c1-22(2)12-13-3-5-18-15(11-13)21-16(24)14-4-6-19-17(20-14)23-7-9-25-10-8-23/h3-6,11H,7-10,12H2,1-2H3,(H,18,21,24). The second kappa shape index (κ2) is 8.00. The Morgan fingerprint density at radius 3 is 2.76 bits per heavy atom. The summed E-state index contributed by atoms with van der Waals surface area (Å²) in [6, 6.07) is 5.39. The highest BCUT2D eigenvalue weighted by molar-refractivity contribution is 6.02. The first-order chi connectivity index (χ1) is 12.1. The van der Waals surface area contributed by atoms with Gasteiger partial charge in [-0.25, -0.2) is 15.0 Å². The van der Waals surface area contributed by atoms with Crippen LogP contribution in [0.3, 0.4) is 0 Å². The lowest BCUT2D eigenvalue weighted by atomic mass is 10.2. The molecule has 3 rings (SSSR count). The van der Waals surface area contributed by atoms with Gasteiger partial charge < -0.3 is 19.9 Å². The molecule has 8 nitrogen and oxygen atoms in total. The van der Waals surface area contributed by atoms with Crippen LogP contribution < -0.4 is 10.2 Å². The zero-order valence-corrected chi connectivity index (χ0v) is 14.5. The number of rotatable bonds is 5. The second-order valence-corrected chi connectivity index (χ2v) is 6.08. The first-order valence-electron chi connectivity index (χ1n) is 8.18. The van der Waals surface area contributed by atoms with Crippen LogP contribution in [0.4, 0.5) is 11.8 Å². The third-order valence-corrected chi connectivity index (χ3v) is 3.73. The van der Waals surface area contributed by atoms with Crippen LogP contribution in [-0.4, -0.2) is 66.2 Å². The molecule has 0 unspecified atom stereocenters. The molecule has 132 valence electrons. The molecule has 0 saturated carbocycles. The zero-order chi connectivity index (χ0) is 17.6. The molecule has 1 amide bonds. The highest BCUT2D eigenvalue weighted by atomic mass is 16.5. The minimum absolute atomic E-state index is 0.300. The van der Waals surface area contributed by atoms with Crippen molar-refractivity contribution in [3.8, 4) is 0 Å². The number of carbonyl (C=O) groups is 1. The number of anilines is 2. The van der Waals surface area contributed by atoms with Gasteiger partial charge in [0, 0.05) is 32.0 Å². The molecule has 0 bridgehead atoms. The Morgan fingerprint density at radius 2 is 2.00 bits per heavy atom.